The number of hydrogen-bond donors (Lipinski definition) is 0. The summed E-state index contributed by atoms with van der Waals surface area (Å²) in [5.41, 5.74) is 0.497. The third-order valence-electron chi connectivity index (χ3n) is 6.00. The van der Waals surface area contributed by atoms with E-state index in [-0.39, 0.29) is 5.97 Å². The Morgan fingerprint density at radius 3 is 1.94 bits per heavy atom. The van der Waals surface area contributed by atoms with E-state index >= 15 is 0 Å². The number of carbonyl (C=O) groups is 1. The fraction of sp³-hybridized carbons (Fsp3) is 0.500. The van der Waals surface area contributed by atoms with E-state index in [2.05, 4.69) is 20.4 Å². The highest BCUT2D eigenvalue weighted by molar-refractivity contribution is 5.91. The van der Waals surface area contributed by atoms with Crippen molar-refractivity contribution in [3.05, 3.63) is 66.7 Å². The summed E-state index contributed by atoms with van der Waals surface area (Å²) in [7, 11) is 0. The molecule has 0 saturated carbocycles. The van der Waals surface area contributed by atoms with Gasteiger partial charge in [-0.25, -0.2) is 4.79 Å². The second kappa shape index (κ2) is 16.8. The summed E-state index contributed by atoms with van der Waals surface area (Å²) in [6.45, 7) is 9.63. The second-order valence-electron chi connectivity index (χ2n) is 8.94. The summed E-state index contributed by atoms with van der Waals surface area (Å²) in [4.78, 5) is 12.4. The molecule has 0 heterocycles. The van der Waals surface area contributed by atoms with Gasteiger partial charge in [-0.15, -0.1) is 6.58 Å². The van der Waals surface area contributed by atoms with Crippen molar-refractivity contribution in [1.29, 1.82) is 0 Å². The second-order valence-corrected chi connectivity index (χ2v) is 8.94. The topological polar surface area (TPSA) is 44.8 Å². The standard InChI is InChI=1S/C30H42O4/c1-4-6-7-8-9-10-11-12-23-32-27-17-15-26(16-18-27)30(31)34-29-21-19-28(20-22-29)33-24-13-14-25(3)5-2/h4,15-22,25H,1,5-14,23-24H2,2-3H3/t25-/m0/s1. The van der Waals surface area contributed by atoms with Crippen LogP contribution in [0.5, 0.6) is 17.2 Å². The Kier molecular flexibility index (Phi) is 13.6. The minimum Gasteiger partial charge on any atom is -0.494 e. The first-order valence-electron chi connectivity index (χ1n) is 12.9. The van der Waals surface area contributed by atoms with Crippen molar-refractivity contribution < 1.29 is 19.0 Å². The molecule has 0 aliphatic heterocycles. The molecule has 0 unspecified atom stereocenters. The fourth-order valence-corrected chi connectivity index (χ4v) is 3.57. The van der Waals surface area contributed by atoms with Crippen LogP contribution in [0.4, 0.5) is 0 Å². The molecule has 2 aromatic carbocycles. The molecule has 2 aromatic rings. The average molecular weight is 467 g/mol. The van der Waals surface area contributed by atoms with Crippen LogP contribution in [-0.2, 0) is 0 Å². The Balaban J connectivity index is 1.65. The molecule has 1 atom stereocenters. The van der Waals surface area contributed by atoms with Gasteiger partial charge in [0.25, 0.3) is 0 Å². The molecule has 0 aromatic heterocycles. The van der Waals surface area contributed by atoms with Crippen LogP contribution in [0, 0.1) is 5.92 Å². The summed E-state index contributed by atoms with van der Waals surface area (Å²) in [5.74, 6) is 2.42. The van der Waals surface area contributed by atoms with Crippen molar-refractivity contribution in [2.45, 2.75) is 78.1 Å². The lowest BCUT2D eigenvalue weighted by atomic mass is 10.0. The van der Waals surface area contributed by atoms with E-state index in [9.17, 15) is 4.79 Å². The van der Waals surface area contributed by atoms with Crippen LogP contribution in [-0.4, -0.2) is 19.2 Å². The van der Waals surface area contributed by atoms with Gasteiger partial charge in [0.15, 0.2) is 0 Å². The zero-order valence-electron chi connectivity index (χ0n) is 21.1. The number of unbranched alkanes of at least 4 members (excludes halogenated alkanes) is 6. The van der Waals surface area contributed by atoms with Crippen molar-refractivity contribution in [2.24, 2.45) is 5.92 Å². The molecule has 0 aliphatic carbocycles. The van der Waals surface area contributed by atoms with Crippen molar-refractivity contribution in [3.63, 3.8) is 0 Å². The first-order valence-corrected chi connectivity index (χ1v) is 12.9. The van der Waals surface area contributed by atoms with Crippen LogP contribution in [0.15, 0.2) is 61.2 Å². The van der Waals surface area contributed by atoms with Crippen LogP contribution in [0.1, 0.15) is 88.4 Å². The maximum Gasteiger partial charge on any atom is 0.343 e. The average Bonchev–Trinajstić information content (AvgIpc) is 2.86. The quantitative estimate of drug-likeness (QED) is 0.0957. The summed E-state index contributed by atoms with van der Waals surface area (Å²) in [6.07, 6.45) is 13.8. The van der Waals surface area contributed by atoms with Gasteiger partial charge in [0.1, 0.15) is 17.2 Å². The molecule has 0 spiro atoms. The minimum absolute atomic E-state index is 0.384. The number of ether oxygens (including phenoxy) is 3. The van der Waals surface area contributed by atoms with E-state index in [1.165, 1.54) is 44.9 Å². The van der Waals surface area contributed by atoms with Gasteiger partial charge in [0.2, 0.25) is 0 Å². The van der Waals surface area contributed by atoms with E-state index in [4.69, 9.17) is 14.2 Å². The Bertz CT molecular complexity index is 811. The van der Waals surface area contributed by atoms with E-state index in [1.54, 1.807) is 24.3 Å². The van der Waals surface area contributed by atoms with Gasteiger partial charge in [-0.2, -0.15) is 0 Å². The fourth-order valence-electron chi connectivity index (χ4n) is 3.57. The van der Waals surface area contributed by atoms with Crippen LogP contribution in [0.2, 0.25) is 0 Å². The van der Waals surface area contributed by atoms with Gasteiger partial charge in [-0.3, -0.25) is 0 Å². The molecule has 0 fully saturated rings. The molecular formula is C30H42O4. The van der Waals surface area contributed by atoms with E-state index in [1.807, 2.05) is 30.3 Å². The molecule has 0 aliphatic rings. The SMILES string of the molecule is C=CCCCCCCCCOc1ccc(C(=O)Oc2ccc(OCCC[C@@H](C)CC)cc2)cc1. The molecule has 0 N–H and O–H groups in total. The molecule has 0 saturated heterocycles. The van der Waals surface area contributed by atoms with E-state index < -0.39 is 0 Å². The van der Waals surface area contributed by atoms with Crippen LogP contribution < -0.4 is 14.2 Å². The molecule has 4 nitrogen and oxygen atoms in total. The summed E-state index contributed by atoms with van der Waals surface area (Å²) in [5, 5.41) is 0. The predicted octanol–water partition coefficient (Wildman–Crippen LogP) is 8.41. The van der Waals surface area contributed by atoms with Crippen LogP contribution in [0.25, 0.3) is 0 Å². The smallest absolute Gasteiger partial charge is 0.343 e. The lowest BCUT2D eigenvalue weighted by Crippen LogP contribution is -2.08. The third kappa shape index (κ3) is 11.4. The van der Waals surface area contributed by atoms with E-state index in [0.717, 1.165) is 36.7 Å². The van der Waals surface area contributed by atoms with Gasteiger partial charge in [-0.1, -0.05) is 52.0 Å². The van der Waals surface area contributed by atoms with Gasteiger partial charge < -0.3 is 14.2 Å². The predicted molar refractivity (Wildman–Crippen MR) is 140 cm³/mol. The monoisotopic (exact) mass is 466 g/mol. The Morgan fingerprint density at radius 1 is 0.794 bits per heavy atom. The number of allylic oxidation sites excluding steroid dienone is 1. The van der Waals surface area contributed by atoms with Crippen LogP contribution >= 0.6 is 0 Å². The number of rotatable bonds is 18. The summed E-state index contributed by atoms with van der Waals surface area (Å²) >= 11 is 0. The van der Waals surface area contributed by atoms with Crippen molar-refractivity contribution in [2.75, 3.05) is 13.2 Å². The van der Waals surface area contributed by atoms with Gasteiger partial charge >= 0.3 is 5.97 Å². The maximum absolute atomic E-state index is 12.4. The normalized spacial score (nSPS) is 11.6. The summed E-state index contributed by atoms with van der Waals surface area (Å²) < 4.78 is 17.1. The van der Waals surface area contributed by atoms with Gasteiger partial charge in [-0.05, 0) is 86.6 Å². The molecule has 0 radical (unpaired) electrons. The summed E-state index contributed by atoms with van der Waals surface area (Å²) in [6, 6.07) is 14.3. The molecule has 0 bridgehead atoms. The van der Waals surface area contributed by atoms with Crippen molar-refractivity contribution in [3.8, 4) is 17.2 Å². The molecule has 186 valence electrons. The Morgan fingerprint density at radius 2 is 1.32 bits per heavy atom. The number of hydrogen-bond acceptors (Lipinski definition) is 4. The van der Waals surface area contributed by atoms with E-state index in [0.29, 0.717) is 24.5 Å². The zero-order chi connectivity index (χ0) is 24.4. The maximum atomic E-state index is 12.4. The largest absolute Gasteiger partial charge is 0.494 e. The highest BCUT2D eigenvalue weighted by Gasteiger charge is 2.09. The Hall–Kier alpha value is -2.75. The van der Waals surface area contributed by atoms with Gasteiger partial charge in [0.05, 0.1) is 18.8 Å². The number of benzene rings is 2. The Labute approximate surface area is 206 Å². The van der Waals surface area contributed by atoms with Crippen molar-refractivity contribution >= 4 is 5.97 Å². The minimum atomic E-state index is -0.384. The zero-order valence-corrected chi connectivity index (χ0v) is 21.1. The molecule has 4 heteroatoms. The first-order chi connectivity index (χ1) is 16.6. The lowest BCUT2D eigenvalue weighted by molar-refractivity contribution is 0.0734. The van der Waals surface area contributed by atoms with Gasteiger partial charge in [0, 0.05) is 0 Å². The van der Waals surface area contributed by atoms with Crippen LogP contribution in [0.3, 0.4) is 0 Å². The van der Waals surface area contributed by atoms with Crippen molar-refractivity contribution in [1.82, 2.24) is 0 Å². The third-order valence-corrected chi connectivity index (χ3v) is 6.00. The first kappa shape index (κ1) is 27.5. The highest BCUT2D eigenvalue weighted by atomic mass is 16.5. The molecule has 34 heavy (non-hydrogen) atoms. The number of esters is 1. The lowest BCUT2D eigenvalue weighted by Gasteiger charge is -2.10. The highest BCUT2D eigenvalue weighted by Crippen LogP contribution is 2.20. The number of carbonyl (C=O) groups excluding carboxylic acids is 1. The molecule has 0 amide bonds. The molecular weight excluding hydrogens is 424 g/mol. The molecule has 2 rings (SSSR count).